The zero-order valence-electron chi connectivity index (χ0n) is 39.7. The van der Waals surface area contributed by atoms with Crippen LogP contribution in [0, 0.1) is 17.6 Å². The molecule has 2 aromatic heterocycles. The molecule has 0 radical (unpaired) electrons. The van der Waals surface area contributed by atoms with Crippen LogP contribution in [0.15, 0.2) is 58.1 Å². The number of nitrogens with zero attached hydrogens (tertiary/aromatic N) is 8. The molecular weight excluding hydrogens is 971 g/mol. The molecule has 4 aliphatic heterocycles. The Bertz CT molecular complexity index is 2870. The number of halogens is 3. The molecule has 5 aromatic rings. The van der Waals surface area contributed by atoms with Crippen LogP contribution in [0.3, 0.4) is 0 Å². The normalized spacial score (nSPS) is 18.9. The van der Waals surface area contributed by atoms with Crippen molar-refractivity contribution in [1.82, 2.24) is 34.9 Å². The van der Waals surface area contributed by atoms with E-state index in [1.807, 2.05) is 11.8 Å². The topological polar surface area (TPSA) is 170 Å². The number of carbonyl (C=O) groups is 2. The van der Waals surface area contributed by atoms with Crippen LogP contribution >= 0.6 is 23.1 Å². The van der Waals surface area contributed by atoms with Gasteiger partial charge < -0.3 is 34.6 Å². The first kappa shape index (κ1) is 48.5. The van der Waals surface area contributed by atoms with Gasteiger partial charge in [0.1, 0.15) is 30.3 Å². The molecule has 3 aromatic carbocycles. The van der Waals surface area contributed by atoms with E-state index in [4.69, 9.17) is 9.72 Å². The Morgan fingerprint density at radius 1 is 0.884 bits per heavy atom. The summed E-state index contributed by atoms with van der Waals surface area (Å²) in [6.45, 7) is 16.1. The van der Waals surface area contributed by atoms with Crippen LogP contribution in [0.5, 0.6) is 5.75 Å². The minimum absolute atomic E-state index is 0.0611. The Morgan fingerprint density at radius 2 is 1.61 bits per heavy atom. The number of fused-ring (bicyclic) bond motifs is 1. The molecule has 3 N–H and O–H groups in total. The first-order valence-electron chi connectivity index (χ1n) is 23.8. The molecule has 1 atom stereocenters. The second kappa shape index (κ2) is 20.1. The summed E-state index contributed by atoms with van der Waals surface area (Å²) in [5.41, 5.74) is 3.60. The maximum absolute atomic E-state index is 15.2. The van der Waals surface area contributed by atoms with E-state index in [2.05, 4.69) is 75.7 Å². The van der Waals surface area contributed by atoms with Crippen LogP contribution in [0.4, 0.5) is 43.3 Å². The number of nitrogens with one attached hydrogen (secondary N) is 3. The first-order chi connectivity index (χ1) is 33.1. The lowest BCUT2D eigenvalue weighted by molar-refractivity contribution is -0.134. The van der Waals surface area contributed by atoms with Crippen molar-refractivity contribution in [3.63, 3.8) is 0 Å². The van der Waals surface area contributed by atoms with Gasteiger partial charge in [0.25, 0.3) is 5.56 Å². The number of piperidine rings is 2. The van der Waals surface area contributed by atoms with Gasteiger partial charge in [0.15, 0.2) is 0 Å². The third-order valence-corrected chi connectivity index (χ3v) is 16.1. The Hall–Kier alpha value is -5.49. The predicted octanol–water partition coefficient (Wildman–Crippen LogP) is 6.70. The third kappa shape index (κ3) is 10.2. The highest BCUT2D eigenvalue weighted by Crippen LogP contribution is 2.42. The molecule has 1 unspecified atom stereocenters. The smallest absolute Gasteiger partial charge is 0.274 e. The SMILES string of the molecule is CCOc1cc(N2CCC(N3CCN(CC4CN(c5cc(F)c(C6CCC(=O)NC6=O)c(F)c5)C4)CC3)CC2)c(CC)cc1Nc1ncc(Br)c(Nc2ccc3c(=O)n(C)ncc3c2P(C)(C)=O)n1. The van der Waals surface area contributed by atoms with E-state index in [1.54, 1.807) is 44.9 Å². The first-order valence-corrected chi connectivity index (χ1v) is 27.2. The van der Waals surface area contributed by atoms with E-state index >= 15 is 8.78 Å². The minimum atomic E-state index is -2.91. The number of anilines is 6. The molecule has 0 spiro atoms. The van der Waals surface area contributed by atoms with Crippen LogP contribution in [0.2, 0.25) is 0 Å². The lowest BCUT2D eigenvalue weighted by Crippen LogP contribution is -2.57. The number of amides is 2. The molecule has 9 rings (SSSR count). The largest absolute Gasteiger partial charge is 0.492 e. The summed E-state index contributed by atoms with van der Waals surface area (Å²) in [7, 11) is -1.32. The highest BCUT2D eigenvalue weighted by atomic mass is 79.9. The molecule has 4 fully saturated rings. The zero-order valence-corrected chi connectivity index (χ0v) is 42.1. The molecule has 0 aliphatic carbocycles. The Kier molecular flexibility index (Phi) is 14.1. The predicted molar refractivity (Wildman–Crippen MR) is 270 cm³/mol. The van der Waals surface area contributed by atoms with Crippen molar-refractivity contribution in [1.29, 1.82) is 0 Å². The molecule has 6 heterocycles. The van der Waals surface area contributed by atoms with Gasteiger partial charge >= 0.3 is 0 Å². The summed E-state index contributed by atoms with van der Waals surface area (Å²) < 4.78 is 52.1. The molecule has 2 amide bonds. The Labute approximate surface area is 408 Å². The summed E-state index contributed by atoms with van der Waals surface area (Å²) in [6, 6.07) is 10.9. The van der Waals surface area contributed by atoms with Gasteiger partial charge in [-0.2, -0.15) is 10.1 Å². The van der Waals surface area contributed by atoms with Gasteiger partial charge in [-0.15, -0.1) is 0 Å². The lowest BCUT2D eigenvalue weighted by Gasteiger charge is -2.47. The van der Waals surface area contributed by atoms with Gasteiger partial charge in [-0.1, -0.05) is 6.92 Å². The molecule has 4 saturated heterocycles. The number of imide groups is 1. The summed E-state index contributed by atoms with van der Waals surface area (Å²) in [6.07, 6.45) is 6.31. The third-order valence-electron chi connectivity index (χ3n) is 14.0. The fourth-order valence-electron chi connectivity index (χ4n) is 10.4. The standard InChI is InChI=1S/C49H59BrF2N11O5P/c1-6-30-20-40(56-49-53-25-36(50)46(58-49)55-39-10-8-33-35(45(39)69(4,5)67)24-54-59(3)48(33)66)42(68-7-2)23-41(30)62-14-12-31(13-15-62)61-18-16-60(17-19-61)26-29-27-63(28-29)32-21-37(51)44(38(52)22-32)34-9-11-43(64)57-47(34)65/h8,10,20-25,29,31,34H,6-7,9,11-19,26-28H2,1-5H3,(H,57,64,65)(H2,53,55,56,58). The second-order valence-electron chi connectivity index (χ2n) is 18.9. The van der Waals surface area contributed by atoms with Gasteiger partial charge in [-0.3, -0.25) is 24.6 Å². The second-order valence-corrected chi connectivity index (χ2v) is 22.9. The van der Waals surface area contributed by atoms with Crippen molar-refractivity contribution in [2.75, 3.05) is 99.3 Å². The molecule has 0 saturated carbocycles. The number of ether oxygens (including phenoxy) is 1. The van der Waals surface area contributed by atoms with Gasteiger partial charge in [0.05, 0.1) is 40.0 Å². The average molecular weight is 1030 g/mol. The number of rotatable bonds is 14. The van der Waals surface area contributed by atoms with Crippen LogP contribution in [-0.4, -0.2) is 126 Å². The van der Waals surface area contributed by atoms with E-state index < -0.39 is 36.5 Å². The number of aryl methyl sites for hydroxylation is 2. The van der Waals surface area contributed by atoms with E-state index in [-0.39, 0.29) is 24.0 Å². The van der Waals surface area contributed by atoms with Crippen LogP contribution in [0.1, 0.15) is 56.6 Å². The molecule has 16 nitrogen and oxygen atoms in total. The highest BCUT2D eigenvalue weighted by molar-refractivity contribution is 9.10. The van der Waals surface area contributed by atoms with Crippen molar-refractivity contribution >= 4 is 85.5 Å². The number of carbonyl (C=O) groups excluding carboxylic acids is 2. The molecule has 69 heavy (non-hydrogen) atoms. The van der Waals surface area contributed by atoms with E-state index in [0.29, 0.717) is 68.0 Å². The van der Waals surface area contributed by atoms with Gasteiger partial charge in [-0.05, 0) is 97.8 Å². The van der Waals surface area contributed by atoms with Crippen LogP contribution in [-0.2, 0) is 27.6 Å². The summed E-state index contributed by atoms with van der Waals surface area (Å²) >= 11 is 3.59. The van der Waals surface area contributed by atoms with Gasteiger partial charge in [0, 0.05) is 124 Å². The molecule has 20 heteroatoms. The van der Waals surface area contributed by atoms with Crippen molar-refractivity contribution in [2.45, 2.75) is 57.9 Å². The van der Waals surface area contributed by atoms with Crippen molar-refractivity contribution in [2.24, 2.45) is 13.0 Å². The summed E-state index contributed by atoms with van der Waals surface area (Å²) in [5.74, 6) is -1.67. The fraction of sp³-hybridized carbons (Fsp3) is 0.469. The molecule has 0 bridgehead atoms. The molecule has 366 valence electrons. The Balaban J connectivity index is 0.794. The van der Waals surface area contributed by atoms with Crippen LogP contribution < -0.4 is 41.4 Å². The van der Waals surface area contributed by atoms with Crippen molar-refractivity contribution in [3.05, 3.63) is 86.4 Å². The van der Waals surface area contributed by atoms with Gasteiger partial charge in [0.2, 0.25) is 17.8 Å². The summed E-state index contributed by atoms with van der Waals surface area (Å²) in [4.78, 5) is 55.7. The van der Waals surface area contributed by atoms with Gasteiger partial charge in [-0.25, -0.2) is 18.4 Å². The molecule has 4 aliphatic rings. The number of hydrogen-bond donors (Lipinski definition) is 3. The number of aromatic nitrogens is 4. The maximum Gasteiger partial charge on any atom is 0.274 e. The number of benzene rings is 3. The minimum Gasteiger partial charge on any atom is -0.492 e. The average Bonchev–Trinajstić information content (AvgIpc) is 3.30. The summed E-state index contributed by atoms with van der Waals surface area (Å²) in [5, 5.41) is 14.6. The lowest BCUT2D eigenvalue weighted by atomic mass is 9.89. The fourth-order valence-corrected chi connectivity index (χ4v) is 12.2. The number of hydrogen-bond acceptors (Lipinski definition) is 14. The monoisotopic (exact) mass is 1030 g/mol. The van der Waals surface area contributed by atoms with E-state index in [0.717, 1.165) is 89.5 Å². The van der Waals surface area contributed by atoms with Crippen molar-refractivity contribution < 1.29 is 27.7 Å². The van der Waals surface area contributed by atoms with Crippen molar-refractivity contribution in [3.8, 4) is 5.75 Å². The van der Waals surface area contributed by atoms with Crippen LogP contribution in [0.25, 0.3) is 10.8 Å². The van der Waals surface area contributed by atoms with E-state index in [9.17, 15) is 18.9 Å². The Morgan fingerprint density at radius 3 is 2.28 bits per heavy atom. The highest BCUT2D eigenvalue weighted by Gasteiger charge is 2.36. The zero-order chi connectivity index (χ0) is 48.7. The molecular formula is C49H59BrF2N11O5P. The quantitative estimate of drug-likeness (QED) is 0.0793. The maximum atomic E-state index is 15.2. The van der Waals surface area contributed by atoms with E-state index in [1.165, 1.54) is 22.4 Å². The number of piperazine rings is 1.